The summed E-state index contributed by atoms with van der Waals surface area (Å²) in [5, 5.41) is 7.06. The van der Waals surface area contributed by atoms with E-state index in [1.54, 1.807) is 42.3 Å². The van der Waals surface area contributed by atoms with Crippen molar-refractivity contribution in [2.45, 2.75) is 45.9 Å². The summed E-state index contributed by atoms with van der Waals surface area (Å²) in [4.78, 5) is 38.9. The van der Waals surface area contributed by atoms with Gasteiger partial charge in [-0.2, -0.15) is 0 Å². The Bertz CT molecular complexity index is 1080. The number of amides is 3. The van der Waals surface area contributed by atoms with E-state index in [9.17, 15) is 14.4 Å². The van der Waals surface area contributed by atoms with Crippen LogP contribution < -0.4 is 10.1 Å². The first-order chi connectivity index (χ1) is 18.7. The molecule has 1 atom stereocenters. The number of rotatable bonds is 7. The summed E-state index contributed by atoms with van der Waals surface area (Å²) in [7, 11) is 5.28. The fraction of sp³-hybridized carbons (Fsp3) is 0.464. The number of carbonyl (C=O) groups is 3. The van der Waals surface area contributed by atoms with E-state index in [0.29, 0.717) is 23.0 Å². The minimum Gasteiger partial charge on any atom is -0.497 e. The van der Waals surface area contributed by atoms with Crippen LogP contribution in [0.1, 0.15) is 37.8 Å². The summed E-state index contributed by atoms with van der Waals surface area (Å²) in [6, 6.07) is 13.1. The van der Waals surface area contributed by atoms with E-state index in [4.69, 9.17) is 27.9 Å². The number of methoxy groups -OCH3 is 1. The predicted molar refractivity (Wildman–Crippen MR) is 154 cm³/mol. The van der Waals surface area contributed by atoms with Crippen molar-refractivity contribution in [3.8, 4) is 5.75 Å². The SMILES string of the molecule is CCCC.CN1CC(=O)N2CC(=O)N(Cc3ccc(Cl)cc3Cl)CC2N1C=O.CNCc1ccc(OC)cc1. The number of likely N-dealkylation sites (N-methyl/N-ethyl adjacent to an activating group) is 1. The number of ether oxygens (including phenoxy) is 1. The summed E-state index contributed by atoms with van der Waals surface area (Å²) < 4.78 is 5.03. The van der Waals surface area contributed by atoms with Gasteiger partial charge in [0.2, 0.25) is 18.2 Å². The lowest BCUT2D eigenvalue weighted by atomic mass is 10.1. The van der Waals surface area contributed by atoms with Crippen LogP contribution in [0.5, 0.6) is 5.75 Å². The number of benzene rings is 2. The maximum absolute atomic E-state index is 12.4. The molecule has 4 rings (SSSR count). The van der Waals surface area contributed by atoms with Gasteiger partial charge in [0.05, 0.1) is 20.2 Å². The van der Waals surface area contributed by atoms with E-state index in [-0.39, 0.29) is 31.4 Å². The molecule has 1 unspecified atom stereocenters. The summed E-state index contributed by atoms with van der Waals surface area (Å²) in [6.07, 6.45) is 2.81. The van der Waals surface area contributed by atoms with E-state index in [0.717, 1.165) is 17.9 Å². The number of fused-ring (bicyclic) bond motifs is 1. The zero-order valence-corrected chi connectivity index (χ0v) is 24.8. The number of unbranched alkanes of at least 4 members (excludes halogenated alkanes) is 1. The third-order valence-electron chi connectivity index (χ3n) is 6.31. The van der Waals surface area contributed by atoms with E-state index in [2.05, 4.69) is 31.3 Å². The van der Waals surface area contributed by atoms with Crippen molar-refractivity contribution in [3.63, 3.8) is 0 Å². The number of nitrogens with zero attached hydrogens (tertiary/aromatic N) is 4. The summed E-state index contributed by atoms with van der Waals surface area (Å²) in [5.74, 6) is 0.559. The molecule has 9 nitrogen and oxygen atoms in total. The normalized spacial score (nSPS) is 17.0. The Morgan fingerprint density at radius 1 is 1.03 bits per heavy atom. The largest absolute Gasteiger partial charge is 0.497 e. The van der Waals surface area contributed by atoms with Gasteiger partial charge in [-0.3, -0.25) is 19.4 Å². The lowest BCUT2D eigenvalue weighted by Crippen LogP contribution is -2.70. The van der Waals surface area contributed by atoms with Crippen LogP contribution in [0.15, 0.2) is 42.5 Å². The molecular weight excluding hydrogens is 541 g/mol. The van der Waals surface area contributed by atoms with Crippen molar-refractivity contribution in [2.75, 3.05) is 40.8 Å². The molecule has 2 aliphatic rings. The third-order valence-corrected chi connectivity index (χ3v) is 6.90. The van der Waals surface area contributed by atoms with Crippen molar-refractivity contribution in [1.82, 2.24) is 25.1 Å². The maximum atomic E-state index is 12.4. The molecule has 3 amide bonds. The Hall–Kier alpha value is -2.85. The number of hydrazine groups is 1. The predicted octanol–water partition coefficient (Wildman–Crippen LogP) is 4.03. The Morgan fingerprint density at radius 3 is 2.23 bits per heavy atom. The van der Waals surface area contributed by atoms with Crippen molar-refractivity contribution in [1.29, 1.82) is 0 Å². The minimum absolute atomic E-state index is 0.0487. The van der Waals surface area contributed by atoms with Gasteiger partial charge in [-0.15, -0.1) is 0 Å². The van der Waals surface area contributed by atoms with Gasteiger partial charge in [-0.05, 0) is 42.4 Å². The summed E-state index contributed by atoms with van der Waals surface area (Å²) in [6.45, 7) is 5.82. The smallest absolute Gasteiger partial charge is 0.242 e. The van der Waals surface area contributed by atoms with Gasteiger partial charge in [0, 0.05) is 30.2 Å². The molecule has 0 aromatic heterocycles. The highest BCUT2D eigenvalue weighted by Gasteiger charge is 2.43. The number of hydrogen-bond acceptors (Lipinski definition) is 6. The zero-order chi connectivity index (χ0) is 28.9. The van der Waals surface area contributed by atoms with Crippen LogP contribution in [0.4, 0.5) is 0 Å². The molecule has 214 valence electrons. The first-order valence-corrected chi connectivity index (χ1v) is 13.7. The van der Waals surface area contributed by atoms with Gasteiger partial charge in [0.1, 0.15) is 18.5 Å². The van der Waals surface area contributed by atoms with Gasteiger partial charge >= 0.3 is 0 Å². The van der Waals surface area contributed by atoms with Crippen LogP contribution in [0.2, 0.25) is 10.0 Å². The van der Waals surface area contributed by atoms with Gasteiger partial charge in [-0.25, -0.2) is 5.01 Å². The molecule has 2 aromatic rings. The maximum Gasteiger partial charge on any atom is 0.242 e. The molecule has 11 heteroatoms. The fourth-order valence-electron chi connectivity index (χ4n) is 3.93. The second kappa shape index (κ2) is 16.3. The highest BCUT2D eigenvalue weighted by Crippen LogP contribution is 2.25. The van der Waals surface area contributed by atoms with Crippen LogP contribution in [-0.2, 0) is 27.5 Å². The first-order valence-electron chi connectivity index (χ1n) is 12.9. The molecule has 0 radical (unpaired) electrons. The lowest BCUT2D eigenvalue weighted by Gasteiger charge is -2.50. The summed E-state index contributed by atoms with van der Waals surface area (Å²) in [5.41, 5.74) is 2.03. The lowest BCUT2D eigenvalue weighted by molar-refractivity contribution is -0.189. The van der Waals surface area contributed by atoms with Gasteiger partial charge in [-0.1, -0.05) is 68.1 Å². The number of piperazine rings is 1. The average Bonchev–Trinajstić information content (AvgIpc) is 2.92. The van der Waals surface area contributed by atoms with Gasteiger partial charge in [0.25, 0.3) is 0 Å². The monoisotopic (exact) mass is 579 g/mol. The molecule has 2 fully saturated rings. The second-order valence-corrected chi connectivity index (χ2v) is 10.0. The molecule has 0 spiro atoms. The minimum atomic E-state index is -0.502. The number of halogens is 2. The number of hydrogen-bond donors (Lipinski definition) is 1. The van der Waals surface area contributed by atoms with E-state index in [1.165, 1.54) is 28.3 Å². The average molecular weight is 581 g/mol. The fourth-order valence-corrected chi connectivity index (χ4v) is 4.40. The Balaban J connectivity index is 0.000000295. The molecule has 1 N–H and O–H groups in total. The van der Waals surface area contributed by atoms with Crippen LogP contribution in [0.3, 0.4) is 0 Å². The molecule has 0 saturated carbocycles. The molecule has 2 aliphatic heterocycles. The molecule has 0 bridgehead atoms. The van der Waals surface area contributed by atoms with Crippen molar-refractivity contribution in [2.24, 2.45) is 0 Å². The van der Waals surface area contributed by atoms with E-state index in [1.807, 2.05) is 19.2 Å². The zero-order valence-electron chi connectivity index (χ0n) is 23.3. The highest BCUT2D eigenvalue weighted by atomic mass is 35.5. The Labute approximate surface area is 241 Å². The molecular formula is C28H39Cl2N5O4. The Kier molecular flexibility index (Phi) is 13.5. The quantitative estimate of drug-likeness (QED) is 0.498. The topological polar surface area (TPSA) is 85.4 Å². The van der Waals surface area contributed by atoms with Crippen LogP contribution in [0, 0.1) is 0 Å². The third kappa shape index (κ3) is 9.39. The number of nitrogens with one attached hydrogen (secondary N) is 1. The molecule has 39 heavy (non-hydrogen) atoms. The Morgan fingerprint density at radius 2 is 1.69 bits per heavy atom. The van der Waals surface area contributed by atoms with E-state index < -0.39 is 6.17 Å². The second-order valence-electron chi connectivity index (χ2n) is 9.19. The van der Waals surface area contributed by atoms with Crippen molar-refractivity contribution in [3.05, 3.63) is 63.6 Å². The van der Waals surface area contributed by atoms with Gasteiger partial charge in [0.15, 0.2) is 0 Å². The number of carbonyl (C=O) groups excluding carboxylic acids is 3. The standard InChI is InChI=1S/C15H16Cl2N4O3.C9H13NO.C4H10/c1-18-7-15(24)20-8-14(23)19(6-13(20)21(18)9-22)5-10-2-3-11(16)4-12(10)17;1-10-7-8-3-5-9(11-2)6-4-8;1-3-4-2/h2-4,9,13H,5-8H2,1H3;3-6,10H,7H2,1-2H3;3-4H2,1-2H3. The molecule has 2 heterocycles. The van der Waals surface area contributed by atoms with Crippen molar-refractivity contribution >= 4 is 41.4 Å². The van der Waals surface area contributed by atoms with Crippen LogP contribution in [0.25, 0.3) is 0 Å². The van der Waals surface area contributed by atoms with Crippen molar-refractivity contribution < 1.29 is 19.1 Å². The molecule has 2 saturated heterocycles. The molecule has 0 aliphatic carbocycles. The van der Waals surface area contributed by atoms with Crippen LogP contribution >= 0.6 is 23.2 Å². The summed E-state index contributed by atoms with van der Waals surface area (Å²) >= 11 is 12.1. The highest BCUT2D eigenvalue weighted by molar-refractivity contribution is 6.35. The first kappa shape index (κ1) is 32.4. The van der Waals surface area contributed by atoms with Crippen LogP contribution in [-0.4, -0.2) is 85.0 Å². The van der Waals surface area contributed by atoms with E-state index >= 15 is 0 Å². The van der Waals surface area contributed by atoms with Gasteiger partial charge < -0.3 is 19.9 Å². The molecule has 2 aromatic carbocycles.